The standard InChI is InChI=1S/C25H29FN6O6/c1-14-12-31-13-16(11-18(26)22(31)27-14)28-23(34)17-5-6-19(21(33)20(17)32(36)37)30-9-7-15(8-10-30)29-24(35)38-25(2,3)4/h5-6,11-13,15,33H,7-10H2,1-4H3,(H,28,34)(H,29,35). The van der Waals surface area contributed by atoms with E-state index in [1.54, 1.807) is 38.8 Å². The number of fused-ring (bicyclic) bond motifs is 1. The van der Waals surface area contributed by atoms with Gasteiger partial charge in [0.2, 0.25) is 5.75 Å². The van der Waals surface area contributed by atoms with Crippen LogP contribution in [0.4, 0.5) is 26.2 Å². The first-order valence-corrected chi connectivity index (χ1v) is 12.0. The normalized spacial score (nSPS) is 14.4. The van der Waals surface area contributed by atoms with E-state index in [-0.39, 0.29) is 28.6 Å². The van der Waals surface area contributed by atoms with E-state index in [1.165, 1.54) is 22.7 Å². The number of anilines is 2. The van der Waals surface area contributed by atoms with E-state index >= 15 is 0 Å². The first kappa shape index (κ1) is 26.6. The molecule has 38 heavy (non-hydrogen) atoms. The van der Waals surface area contributed by atoms with Gasteiger partial charge in [0.25, 0.3) is 5.91 Å². The number of nitro benzene ring substituents is 1. The summed E-state index contributed by atoms with van der Waals surface area (Å²) in [5.41, 5.74) is -0.829. The van der Waals surface area contributed by atoms with E-state index in [0.717, 1.165) is 6.07 Å². The molecule has 0 saturated carbocycles. The molecule has 1 aliphatic heterocycles. The minimum Gasteiger partial charge on any atom is -0.501 e. The molecule has 2 amide bonds. The van der Waals surface area contributed by atoms with Gasteiger partial charge in [0.15, 0.2) is 11.5 Å². The van der Waals surface area contributed by atoms with E-state index in [2.05, 4.69) is 15.6 Å². The van der Waals surface area contributed by atoms with Crippen molar-refractivity contribution in [2.24, 2.45) is 0 Å². The van der Waals surface area contributed by atoms with Gasteiger partial charge in [0.1, 0.15) is 11.2 Å². The summed E-state index contributed by atoms with van der Waals surface area (Å²) in [6, 6.07) is 3.60. The minimum atomic E-state index is -0.880. The Morgan fingerprint density at radius 2 is 1.92 bits per heavy atom. The summed E-state index contributed by atoms with van der Waals surface area (Å²) in [5.74, 6) is -2.20. The number of piperidine rings is 1. The number of rotatable bonds is 5. The third-order valence-corrected chi connectivity index (χ3v) is 6.00. The molecule has 202 valence electrons. The highest BCUT2D eigenvalue weighted by molar-refractivity contribution is 6.08. The van der Waals surface area contributed by atoms with Crippen LogP contribution in [0.3, 0.4) is 0 Å². The molecule has 3 heterocycles. The van der Waals surface area contributed by atoms with Crippen LogP contribution in [0.15, 0.2) is 30.6 Å². The van der Waals surface area contributed by atoms with Gasteiger partial charge in [-0.1, -0.05) is 0 Å². The fourth-order valence-corrected chi connectivity index (χ4v) is 4.38. The van der Waals surface area contributed by atoms with Crippen LogP contribution in [-0.2, 0) is 4.74 Å². The number of imidazole rings is 1. The van der Waals surface area contributed by atoms with Crippen LogP contribution in [0.5, 0.6) is 5.75 Å². The molecule has 1 aliphatic rings. The van der Waals surface area contributed by atoms with Gasteiger partial charge in [-0.25, -0.2) is 14.2 Å². The smallest absolute Gasteiger partial charge is 0.407 e. The topological polar surface area (TPSA) is 151 Å². The highest BCUT2D eigenvalue weighted by Crippen LogP contribution is 2.40. The van der Waals surface area contributed by atoms with Gasteiger partial charge in [-0.2, -0.15) is 0 Å². The van der Waals surface area contributed by atoms with E-state index in [1.807, 2.05) is 0 Å². The number of carbonyl (C=O) groups is 2. The Morgan fingerprint density at radius 3 is 2.55 bits per heavy atom. The van der Waals surface area contributed by atoms with E-state index < -0.39 is 39.8 Å². The number of ether oxygens (including phenoxy) is 1. The zero-order valence-corrected chi connectivity index (χ0v) is 21.4. The summed E-state index contributed by atoms with van der Waals surface area (Å²) < 4.78 is 21.1. The lowest BCUT2D eigenvalue weighted by Crippen LogP contribution is -2.46. The van der Waals surface area contributed by atoms with Crippen LogP contribution in [0.1, 0.15) is 49.7 Å². The largest absolute Gasteiger partial charge is 0.501 e. The molecule has 4 rings (SSSR count). The number of phenols is 1. The average Bonchev–Trinajstić information content (AvgIpc) is 3.18. The zero-order chi connectivity index (χ0) is 27.8. The number of pyridine rings is 1. The second-order valence-corrected chi connectivity index (χ2v) is 10.1. The van der Waals surface area contributed by atoms with Gasteiger partial charge in [0.05, 0.1) is 22.0 Å². The molecule has 12 nitrogen and oxygen atoms in total. The fourth-order valence-electron chi connectivity index (χ4n) is 4.38. The molecule has 2 aromatic heterocycles. The van der Waals surface area contributed by atoms with Crippen molar-refractivity contribution in [3.63, 3.8) is 0 Å². The number of aryl methyl sites for hydroxylation is 1. The second-order valence-electron chi connectivity index (χ2n) is 10.1. The van der Waals surface area contributed by atoms with E-state index in [0.29, 0.717) is 31.6 Å². The highest BCUT2D eigenvalue weighted by atomic mass is 19.1. The number of nitrogens with one attached hydrogen (secondary N) is 2. The number of nitro groups is 1. The van der Waals surface area contributed by atoms with Crippen LogP contribution >= 0.6 is 0 Å². The molecule has 0 unspecified atom stereocenters. The van der Waals surface area contributed by atoms with E-state index in [9.17, 15) is 29.2 Å². The van der Waals surface area contributed by atoms with Crippen molar-refractivity contribution in [2.45, 2.75) is 52.2 Å². The Balaban J connectivity index is 1.50. The number of hydrogen-bond donors (Lipinski definition) is 3. The molecule has 0 spiro atoms. The quantitative estimate of drug-likeness (QED) is 0.330. The highest BCUT2D eigenvalue weighted by Gasteiger charge is 2.31. The first-order chi connectivity index (χ1) is 17.8. The number of carbonyl (C=O) groups excluding carboxylic acids is 2. The molecular formula is C25H29FN6O6. The molecule has 3 N–H and O–H groups in total. The number of hydrogen-bond acceptors (Lipinski definition) is 8. The summed E-state index contributed by atoms with van der Waals surface area (Å²) in [4.78, 5) is 41.8. The van der Waals surface area contributed by atoms with Gasteiger partial charge in [-0.05, 0) is 52.7 Å². The number of aromatic hydroxyl groups is 1. The predicted octanol–water partition coefficient (Wildman–Crippen LogP) is 4.14. The fraction of sp³-hybridized carbons (Fsp3) is 0.400. The third-order valence-electron chi connectivity index (χ3n) is 6.00. The monoisotopic (exact) mass is 528 g/mol. The summed E-state index contributed by atoms with van der Waals surface area (Å²) in [7, 11) is 0. The van der Waals surface area contributed by atoms with Gasteiger partial charge in [-0.3, -0.25) is 14.9 Å². The SMILES string of the molecule is Cc1cn2cc(NC(=O)c3ccc(N4CCC(NC(=O)OC(C)(C)C)CC4)c(O)c3[N+](=O)[O-])cc(F)c2n1. The Bertz CT molecular complexity index is 1410. The number of phenolic OH excluding ortho intramolecular Hbond substituents is 1. The number of alkyl carbamates (subject to hydrolysis) is 1. The minimum absolute atomic E-state index is 0.0647. The van der Waals surface area contributed by atoms with Gasteiger partial charge < -0.3 is 29.8 Å². The van der Waals surface area contributed by atoms with Crippen LogP contribution in [0, 0.1) is 22.9 Å². The van der Waals surface area contributed by atoms with Gasteiger partial charge >= 0.3 is 11.8 Å². The number of aromatic nitrogens is 2. The lowest BCUT2D eigenvalue weighted by atomic mass is 10.0. The first-order valence-electron chi connectivity index (χ1n) is 12.0. The van der Waals surface area contributed by atoms with Crippen molar-refractivity contribution in [2.75, 3.05) is 23.3 Å². The molecule has 1 aromatic carbocycles. The Kier molecular flexibility index (Phi) is 7.11. The maximum absolute atomic E-state index is 14.4. The Morgan fingerprint density at radius 1 is 1.24 bits per heavy atom. The summed E-state index contributed by atoms with van der Waals surface area (Å²) >= 11 is 0. The summed E-state index contributed by atoms with van der Waals surface area (Å²) in [5, 5.41) is 27.9. The lowest BCUT2D eigenvalue weighted by molar-refractivity contribution is -0.386. The lowest BCUT2D eigenvalue weighted by Gasteiger charge is -2.34. The Hall–Kier alpha value is -4.42. The maximum Gasteiger partial charge on any atom is 0.407 e. The molecule has 0 atom stereocenters. The van der Waals surface area contributed by atoms with Crippen molar-refractivity contribution in [3.8, 4) is 5.75 Å². The third kappa shape index (κ3) is 5.76. The molecule has 0 bridgehead atoms. The van der Waals surface area contributed by atoms with Crippen LogP contribution < -0.4 is 15.5 Å². The number of nitrogens with zero attached hydrogens (tertiary/aromatic N) is 4. The van der Waals surface area contributed by atoms with Crippen molar-refractivity contribution < 1.29 is 28.7 Å². The molecule has 0 aliphatic carbocycles. The average molecular weight is 529 g/mol. The number of halogens is 1. The van der Waals surface area contributed by atoms with Crippen LogP contribution in [-0.4, -0.2) is 56.1 Å². The maximum atomic E-state index is 14.4. The zero-order valence-electron chi connectivity index (χ0n) is 21.4. The van der Waals surface area contributed by atoms with Crippen molar-refractivity contribution in [1.29, 1.82) is 0 Å². The molecule has 3 aromatic rings. The summed E-state index contributed by atoms with van der Waals surface area (Å²) in [6.45, 7) is 7.81. The molecule has 13 heteroatoms. The van der Waals surface area contributed by atoms with Crippen molar-refractivity contribution >= 4 is 34.7 Å². The van der Waals surface area contributed by atoms with Crippen molar-refractivity contribution in [1.82, 2.24) is 14.7 Å². The van der Waals surface area contributed by atoms with Crippen LogP contribution in [0.2, 0.25) is 0 Å². The molecular weight excluding hydrogens is 499 g/mol. The van der Waals surface area contributed by atoms with E-state index in [4.69, 9.17) is 4.74 Å². The van der Waals surface area contributed by atoms with Crippen molar-refractivity contribution in [3.05, 3.63) is 57.8 Å². The van der Waals surface area contributed by atoms with Crippen LogP contribution in [0.25, 0.3) is 5.65 Å². The Labute approximate surface area is 217 Å². The molecule has 0 radical (unpaired) electrons. The second kappa shape index (κ2) is 10.1. The predicted molar refractivity (Wildman–Crippen MR) is 137 cm³/mol. The van der Waals surface area contributed by atoms with Gasteiger partial charge in [0, 0.05) is 37.6 Å². The molecule has 1 fully saturated rings. The number of benzene rings is 1. The van der Waals surface area contributed by atoms with Gasteiger partial charge in [-0.15, -0.1) is 0 Å². The number of amides is 2. The molecule has 1 saturated heterocycles. The summed E-state index contributed by atoms with van der Waals surface area (Å²) in [6.07, 6.45) is 3.54.